The van der Waals surface area contributed by atoms with Gasteiger partial charge in [-0.3, -0.25) is 4.99 Å². The highest BCUT2D eigenvalue weighted by Gasteiger charge is 2.35. The van der Waals surface area contributed by atoms with Gasteiger partial charge in [0.15, 0.2) is 0 Å². The Hall–Kier alpha value is -2.98. The zero-order chi connectivity index (χ0) is 23.2. The van der Waals surface area contributed by atoms with Crippen LogP contribution in [0.25, 0.3) is 28.0 Å². The standard InChI is InChI=1S/C31H34N4/c1-2-5-25(4-1)31-33-19-29(35-31)23-13-9-21(10-14-23)20-7-11-22(12-8-20)26-18-28(27-6-3-17-32-27)34-30(26)24-15-16-24/h7-14,19,24-25,27,32H,1-6,15-18H2,(H,33,35)/t27-/m0/s1. The van der Waals surface area contributed by atoms with Crippen LogP contribution in [0.1, 0.15) is 75.1 Å². The van der Waals surface area contributed by atoms with E-state index < -0.39 is 0 Å². The first-order valence-electron chi connectivity index (χ1n) is 13.6. The summed E-state index contributed by atoms with van der Waals surface area (Å²) in [7, 11) is 0. The number of allylic oxidation sites excluding steroid dienone is 2. The minimum absolute atomic E-state index is 0.489. The fourth-order valence-electron chi connectivity index (χ4n) is 6.24. The maximum atomic E-state index is 5.16. The SMILES string of the molecule is c1cc(-c2ccc(-c3cnc(C4CCCC4)[nH]3)cc2)ccc1C1=C(C2CC2)N=C([C@@H]2CCCN2)C1. The molecule has 1 aromatic heterocycles. The molecule has 0 bridgehead atoms. The first kappa shape index (κ1) is 21.3. The summed E-state index contributed by atoms with van der Waals surface area (Å²) < 4.78 is 0. The second-order valence-corrected chi connectivity index (χ2v) is 10.9. The van der Waals surface area contributed by atoms with Gasteiger partial charge in [-0.1, -0.05) is 61.4 Å². The molecular formula is C31H34N4. The maximum Gasteiger partial charge on any atom is 0.109 e. The quantitative estimate of drug-likeness (QED) is 0.410. The van der Waals surface area contributed by atoms with Crippen LogP contribution in [0, 0.1) is 5.92 Å². The molecule has 4 heteroatoms. The molecule has 3 heterocycles. The van der Waals surface area contributed by atoms with Crippen LogP contribution >= 0.6 is 0 Å². The van der Waals surface area contributed by atoms with Crippen molar-refractivity contribution in [3.8, 4) is 22.4 Å². The Kier molecular flexibility index (Phi) is 5.42. The van der Waals surface area contributed by atoms with Crippen molar-refractivity contribution in [2.24, 2.45) is 10.9 Å². The van der Waals surface area contributed by atoms with Gasteiger partial charge in [-0.2, -0.15) is 0 Å². The number of aromatic nitrogens is 2. The molecule has 0 spiro atoms. The molecule has 1 atom stereocenters. The van der Waals surface area contributed by atoms with E-state index in [1.165, 1.54) is 96.4 Å². The number of rotatable bonds is 6. The molecule has 35 heavy (non-hydrogen) atoms. The van der Waals surface area contributed by atoms with Gasteiger partial charge in [0.05, 0.1) is 11.9 Å². The highest BCUT2D eigenvalue weighted by molar-refractivity contribution is 6.03. The van der Waals surface area contributed by atoms with Crippen molar-refractivity contribution in [3.63, 3.8) is 0 Å². The molecule has 2 saturated carbocycles. The summed E-state index contributed by atoms with van der Waals surface area (Å²) >= 11 is 0. The van der Waals surface area contributed by atoms with Gasteiger partial charge in [-0.05, 0) is 72.9 Å². The van der Waals surface area contributed by atoms with E-state index in [4.69, 9.17) is 4.99 Å². The number of hydrogen-bond acceptors (Lipinski definition) is 3. The van der Waals surface area contributed by atoms with E-state index in [1.807, 2.05) is 6.20 Å². The molecule has 0 unspecified atom stereocenters. The van der Waals surface area contributed by atoms with Crippen molar-refractivity contribution in [1.82, 2.24) is 15.3 Å². The monoisotopic (exact) mass is 462 g/mol. The third kappa shape index (κ3) is 4.18. The number of hydrogen-bond donors (Lipinski definition) is 2. The van der Waals surface area contributed by atoms with E-state index in [-0.39, 0.29) is 0 Å². The molecule has 2 aliphatic heterocycles. The molecule has 2 aromatic carbocycles. The molecule has 178 valence electrons. The number of H-pyrrole nitrogens is 1. The lowest BCUT2D eigenvalue weighted by molar-refractivity contribution is 0.679. The van der Waals surface area contributed by atoms with Crippen LogP contribution in [-0.2, 0) is 0 Å². The van der Waals surface area contributed by atoms with Crippen molar-refractivity contribution < 1.29 is 0 Å². The van der Waals surface area contributed by atoms with Crippen LogP contribution in [0.3, 0.4) is 0 Å². The Morgan fingerprint density at radius 1 is 0.686 bits per heavy atom. The topological polar surface area (TPSA) is 53.1 Å². The minimum atomic E-state index is 0.489. The van der Waals surface area contributed by atoms with Crippen LogP contribution in [0.2, 0.25) is 0 Å². The predicted molar refractivity (Wildman–Crippen MR) is 143 cm³/mol. The van der Waals surface area contributed by atoms with E-state index >= 15 is 0 Å². The first-order chi connectivity index (χ1) is 17.3. The first-order valence-corrected chi connectivity index (χ1v) is 13.6. The number of aliphatic imine (C=N–C) groups is 1. The average Bonchev–Trinajstić information content (AvgIpc) is 3.44. The number of nitrogens with one attached hydrogen (secondary N) is 2. The van der Waals surface area contributed by atoms with E-state index in [0.717, 1.165) is 18.7 Å². The third-order valence-electron chi connectivity index (χ3n) is 8.46. The molecular weight excluding hydrogens is 428 g/mol. The Morgan fingerprint density at radius 2 is 1.37 bits per heavy atom. The molecule has 3 aromatic rings. The molecule has 0 radical (unpaired) electrons. The van der Waals surface area contributed by atoms with Crippen LogP contribution in [0.15, 0.2) is 65.4 Å². The minimum Gasteiger partial charge on any atom is -0.342 e. The van der Waals surface area contributed by atoms with Gasteiger partial charge in [0, 0.05) is 35.7 Å². The summed E-state index contributed by atoms with van der Waals surface area (Å²) in [4.78, 5) is 13.4. The Balaban J connectivity index is 1.08. The zero-order valence-corrected chi connectivity index (χ0v) is 20.4. The van der Waals surface area contributed by atoms with Gasteiger partial charge < -0.3 is 10.3 Å². The second kappa shape index (κ2) is 8.91. The molecule has 2 N–H and O–H groups in total. The van der Waals surface area contributed by atoms with Crippen LogP contribution in [-0.4, -0.2) is 28.3 Å². The summed E-state index contributed by atoms with van der Waals surface area (Å²) in [6.07, 6.45) is 13.3. The fourth-order valence-corrected chi connectivity index (χ4v) is 6.24. The van der Waals surface area contributed by atoms with Gasteiger partial charge in [0.25, 0.3) is 0 Å². The number of aromatic amines is 1. The molecule has 4 nitrogen and oxygen atoms in total. The largest absolute Gasteiger partial charge is 0.342 e. The van der Waals surface area contributed by atoms with Crippen LogP contribution in [0.4, 0.5) is 0 Å². The Morgan fingerprint density at radius 3 is 2.03 bits per heavy atom. The zero-order valence-electron chi connectivity index (χ0n) is 20.4. The molecule has 0 amide bonds. The van der Waals surface area contributed by atoms with Gasteiger partial charge in [-0.15, -0.1) is 0 Å². The molecule has 1 saturated heterocycles. The van der Waals surface area contributed by atoms with Gasteiger partial charge >= 0.3 is 0 Å². The van der Waals surface area contributed by atoms with Crippen molar-refractivity contribution in [3.05, 3.63) is 71.8 Å². The molecule has 3 fully saturated rings. The molecule has 7 rings (SSSR count). The number of nitrogens with zero attached hydrogens (tertiary/aromatic N) is 2. The van der Waals surface area contributed by atoms with E-state index in [0.29, 0.717) is 17.9 Å². The number of benzene rings is 2. The lowest BCUT2D eigenvalue weighted by Crippen LogP contribution is -2.29. The highest BCUT2D eigenvalue weighted by atomic mass is 15.0. The van der Waals surface area contributed by atoms with Crippen molar-refractivity contribution >= 4 is 11.3 Å². The summed E-state index contributed by atoms with van der Waals surface area (Å²) in [6, 6.07) is 18.6. The summed E-state index contributed by atoms with van der Waals surface area (Å²) in [5.74, 6) is 2.47. The van der Waals surface area contributed by atoms with E-state index in [2.05, 4.69) is 63.8 Å². The Labute approximate surface area is 208 Å². The normalized spacial score (nSPS) is 22.9. The lowest BCUT2D eigenvalue weighted by atomic mass is 9.94. The van der Waals surface area contributed by atoms with Gasteiger partial charge in [0.1, 0.15) is 5.82 Å². The third-order valence-corrected chi connectivity index (χ3v) is 8.46. The lowest BCUT2D eigenvalue weighted by Gasteiger charge is -2.11. The van der Waals surface area contributed by atoms with E-state index in [1.54, 1.807) is 0 Å². The predicted octanol–water partition coefficient (Wildman–Crippen LogP) is 7.12. The van der Waals surface area contributed by atoms with Crippen LogP contribution < -0.4 is 5.32 Å². The molecule has 2 aliphatic carbocycles. The summed E-state index contributed by atoms with van der Waals surface area (Å²) in [5, 5.41) is 3.65. The fraction of sp³-hybridized carbons (Fsp3) is 0.419. The maximum absolute atomic E-state index is 5.16. The molecule has 4 aliphatic rings. The highest BCUT2D eigenvalue weighted by Crippen LogP contribution is 2.45. The van der Waals surface area contributed by atoms with Crippen molar-refractivity contribution in [1.29, 1.82) is 0 Å². The van der Waals surface area contributed by atoms with E-state index in [9.17, 15) is 0 Å². The van der Waals surface area contributed by atoms with Crippen molar-refractivity contribution in [2.45, 2.75) is 69.7 Å². The Bertz CT molecular complexity index is 1260. The summed E-state index contributed by atoms with van der Waals surface area (Å²) in [5.41, 5.74) is 10.4. The second-order valence-electron chi connectivity index (χ2n) is 10.9. The number of imidazole rings is 1. The van der Waals surface area contributed by atoms with Gasteiger partial charge in [0.2, 0.25) is 0 Å². The smallest absolute Gasteiger partial charge is 0.109 e. The van der Waals surface area contributed by atoms with Crippen molar-refractivity contribution in [2.75, 3.05) is 6.54 Å². The average molecular weight is 463 g/mol. The summed E-state index contributed by atoms with van der Waals surface area (Å²) in [6.45, 7) is 1.13. The van der Waals surface area contributed by atoms with Crippen LogP contribution in [0.5, 0.6) is 0 Å². The van der Waals surface area contributed by atoms with Gasteiger partial charge in [-0.25, -0.2) is 4.98 Å².